The van der Waals surface area contributed by atoms with Gasteiger partial charge < -0.3 is 19.5 Å². The molecule has 3 aliphatic heterocycles. The number of nitrogens with zero attached hydrogens (tertiary/aromatic N) is 3. The number of aromatic nitrogens is 1. The van der Waals surface area contributed by atoms with Crippen LogP contribution in [0.5, 0.6) is 5.75 Å². The number of hydrogen-bond acceptors (Lipinski definition) is 5. The molecule has 3 aliphatic rings. The minimum Gasteiger partial charge on any atom is -0.497 e. The van der Waals surface area contributed by atoms with E-state index in [-0.39, 0.29) is 17.4 Å². The van der Waals surface area contributed by atoms with Crippen molar-refractivity contribution in [2.45, 2.75) is 44.7 Å². The first-order chi connectivity index (χ1) is 16.4. The number of methoxy groups -OCH3 is 1. The quantitative estimate of drug-likeness (QED) is 0.752. The molecule has 180 valence electrons. The summed E-state index contributed by atoms with van der Waals surface area (Å²) in [6.07, 6.45) is 3.13. The molecule has 2 fully saturated rings. The van der Waals surface area contributed by atoms with E-state index in [1.165, 1.54) is 0 Å². The molecular formula is C26H32N4O4. The van der Waals surface area contributed by atoms with Gasteiger partial charge >= 0.3 is 0 Å². The number of fused-ring (bicyclic) bond motifs is 4. The summed E-state index contributed by atoms with van der Waals surface area (Å²) in [5, 5.41) is 2.80. The molecule has 2 aromatic rings. The topological polar surface area (TPSA) is 83.9 Å². The number of amides is 2. The van der Waals surface area contributed by atoms with E-state index in [1.807, 2.05) is 15.5 Å². The zero-order valence-corrected chi connectivity index (χ0v) is 19.8. The number of carbonyl (C=O) groups is 2. The van der Waals surface area contributed by atoms with E-state index >= 15 is 0 Å². The molecule has 2 atom stereocenters. The predicted molar refractivity (Wildman–Crippen MR) is 129 cm³/mol. The van der Waals surface area contributed by atoms with Gasteiger partial charge in [0.15, 0.2) is 0 Å². The largest absolute Gasteiger partial charge is 0.497 e. The molecule has 1 aromatic carbocycles. The van der Waals surface area contributed by atoms with E-state index in [0.29, 0.717) is 41.4 Å². The lowest BCUT2D eigenvalue weighted by Crippen LogP contribution is -2.53. The lowest BCUT2D eigenvalue weighted by molar-refractivity contribution is -0.130. The minimum atomic E-state index is -0.306. The molecular weight excluding hydrogens is 432 g/mol. The molecule has 1 aromatic heterocycles. The maximum atomic E-state index is 13.3. The lowest BCUT2D eigenvalue weighted by atomic mass is 9.82. The molecule has 0 radical (unpaired) electrons. The Morgan fingerprint density at radius 2 is 1.74 bits per heavy atom. The van der Waals surface area contributed by atoms with Crippen molar-refractivity contribution in [2.24, 2.45) is 5.92 Å². The summed E-state index contributed by atoms with van der Waals surface area (Å²) in [5.74, 6) is 1.27. The van der Waals surface area contributed by atoms with Crippen LogP contribution in [-0.4, -0.2) is 65.5 Å². The van der Waals surface area contributed by atoms with Crippen molar-refractivity contribution in [1.29, 1.82) is 0 Å². The summed E-state index contributed by atoms with van der Waals surface area (Å²) in [6, 6.07) is 11.1. The molecule has 0 saturated carbocycles. The summed E-state index contributed by atoms with van der Waals surface area (Å²) < 4.78 is 7.01. The summed E-state index contributed by atoms with van der Waals surface area (Å²) in [7, 11) is 1.58. The zero-order chi connectivity index (χ0) is 23.8. The zero-order valence-electron chi connectivity index (χ0n) is 19.8. The van der Waals surface area contributed by atoms with E-state index in [4.69, 9.17) is 4.74 Å². The van der Waals surface area contributed by atoms with Crippen molar-refractivity contribution >= 4 is 17.5 Å². The molecule has 1 N–H and O–H groups in total. The highest BCUT2D eigenvalue weighted by atomic mass is 16.5. The second-order valence-electron chi connectivity index (χ2n) is 9.76. The standard InChI is InChI=1S/C26H32N4O4/c1-17(31)28-11-9-21(10-12-28)29-14-18-13-20(16-29)24-8-7-23(26(33)30(24)15-18)27-25(32)19-3-5-22(34-2)6-4-19/h3-8,18,20-21H,9-16H2,1-2H3,(H,27,32)/t18-,20+/m0/s1. The summed E-state index contributed by atoms with van der Waals surface area (Å²) in [4.78, 5) is 42.1. The first kappa shape index (κ1) is 22.7. The van der Waals surface area contributed by atoms with Gasteiger partial charge in [-0.25, -0.2) is 0 Å². The highest BCUT2D eigenvalue weighted by molar-refractivity contribution is 6.04. The molecule has 8 nitrogen and oxygen atoms in total. The molecule has 4 heterocycles. The van der Waals surface area contributed by atoms with Crippen LogP contribution in [-0.2, 0) is 11.3 Å². The highest BCUT2D eigenvalue weighted by Crippen LogP contribution is 2.37. The Labute approximate surface area is 199 Å². The number of benzene rings is 1. The lowest BCUT2D eigenvalue weighted by Gasteiger charge is -2.47. The Morgan fingerprint density at radius 3 is 2.41 bits per heavy atom. The second-order valence-corrected chi connectivity index (χ2v) is 9.76. The number of likely N-dealkylation sites (tertiary alicyclic amines) is 2. The molecule has 2 bridgehead atoms. The van der Waals surface area contributed by atoms with Crippen molar-refractivity contribution in [3.63, 3.8) is 0 Å². The van der Waals surface area contributed by atoms with Gasteiger partial charge in [0.05, 0.1) is 7.11 Å². The molecule has 5 rings (SSSR count). The molecule has 0 unspecified atom stereocenters. The first-order valence-electron chi connectivity index (χ1n) is 12.1. The predicted octanol–water partition coefficient (Wildman–Crippen LogP) is 2.54. The van der Waals surface area contributed by atoms with Crippen LogP contribution < -0.4 is 15.6 Å². The van der Waals surface area contributed by atoms with Crippen molar-refractivity contribution < 1.29 is 14.3 Å². The van der Waals surface area contributed by atoms with E-state index in [1.54, 1.807) is 44.4 Å². The molecule has 34 heavy (non-hydrogen) atoms. The molecule has 8 heteroatoms. The van der Waals surface area contributed by atoms with Gasteiger partial charge in [-0.2, -0.15) is 0 Å². The Balaban J connectivity index is 1.29. The fourth-order valence-electron chi connectivity index (χ4n) is 5.86. The Hall–Kier alpha value is -3.13. The fourth-order valence-corrected chi connectivity index (χ4v) is 5.86. The average Bonchev–Trinajstić information content (AvgIpc) is 2.86. The number of ether oxygens (including phenoxy) is 1. The number of anilines is 1. The van der Waals surface area contributed by atoms with Gasteiger partial charge in [-0.05, 0) is 61.6 Å². The maximum Gasteiger partial charge on any atom is 0.274 e. The van der Waals surface area contributed by atoms with Crippen molar-refractivity contribution in [3.8, 4) is 5.75 Å². The Kier molecular flexibility index (Phi) is 6.16. The maximum absolute atomic E-state index is 13.3. The number of nitrogens with one attached hydrogen (secondary N) is 1. The van der Waals surface area contributed by atoms with E-state index in [9.17, 15) is 14.4 Å². The average molecular weight is 465 g/mol. The summed E-state index contributed by atoms with van der Waals surface area (Å²) in [6.45, 7) is 5.92. The molecule has 2 saturated heterocycles. The van der Waals surface area contributed by atoms with Crippen molar-refractivity contribution in [1.82, 2.24) is 14.4 Å². The van der Waals surface area contributed by atoms with Crippen molar-refractivity contribution in [3.05, 3.63) is 58.0 Å². The number of hydrogen-bond donors (Lipinski definition) is 1. The van der Waals surface area contributed by atoms with Crippen LogP contribution in [0.25, 0.3) is 0 Å². The van der Waals surface area contributed by atoms with Crippen LogP contribution in [0.1, 0.15) is 48.2 Å². The highest BCUT2D eigenvalue weighted by Gasteiger charge is 2.38. The van der Waals surface area contributed by atoms with Crippen LogP contribution in [0.2, 0.25) is 0 Å². The SMILES string of the molecule is COc1ccc(C(=O)Nc2ccc3n(c2=O)C[C@H]2C[C@@H]3CN(C3CCN(C(C)=O)CC3)C2)cc1. The van der Waals surface area contributed by atoms with E-state index in [0.717, 1.165) is 51.1 Å². The third-order valence-corrected chi connectivity index (χ3v) is 7.66. The monoisotopic (exact) mass is 464 g/mol. The number of pyridine rings is 1. The number of carbonyl (C=O) groups excluding carboxylic acids is 2. The fraction of sp³-hybridized carbons (Fsp3) is 0.500. The second kappa shape index (κ2) is 9.25. The number of piperidine rings is 2. The summed E-state index contributed by atoms with van der Waals surface area (Å²) in [5.41, 5.74) is 1.73. The Morgan fingerprint density at radius 1 is 1.00 bits per heavy atom. The molecule has 0 spiro atoms. The van der Waals surface area contributed by atoms with Crippen molar-refractivity contribution in [2.75, 3.05) is 38.6 Å². The molecule has 2 amide bonds. The van der Waals surface area contributed by atoms with E-state index < -0.39 is 0 Å². The van der Waals surface area contributed by atoms with E-state index in [2.05, 4.69) is 10.2 Å². The van der Waals surface area contributed by atoms with Gasteiger partial charge in [-0.15, -0.1) is 0 Å². The van der Waals surface area contributed by atoms with Gasteiger partial charge in [0, 0.05) is 62.9 Å². The number of rotatable bonds is 4. The van der Waals surface area contributed by atoms with Crippen LogP contribution in [0.15, 0.2) is 41.2 Å². The van der Waals surface area contributed by atoms with Gasteiger partial charge in [-0.1, -0.05) is 0 Å². The van der Waals surface area contributed by atoms with Crippen LogP contribution in [0, 0.1) is 5.92 Å². The van der Waals surface area contributed by atoms with Gasteiger partial charge in [0.2, 0.25) is 5.91 Å². The normalized spacial score (nSPS) is 22.7. The van der Waals surface area contributed by atoms with Crippen LogP contribution in [0.4, 0.5) is 5.69 Å². The third kappa shape index (κ3) is 4.34. The van der Waals surface area contributed by atoms with Gasteiger partial charge in [0.1, 0.15) is 11.4 Å². The van der Waals surface area contributed by atoms with Gasteiger partial charge in [0.25, 0.3) is 11.5 Å². The summed E-state index contributed by atoms with van der Waals surface area (Å²) >= 11 is 0. The Bertz CT molecular complexity index is 1130. The minimum absolute atomic E-state index is 0.128. The van der Waals surface area contributed by atoms with Gasteiger partial charge in [-0.3, -0.25) is 19.3 Å². The first-order valence-corrected chi connectivity index (χ1v) is 12.1. The smallest absolute Gasteiger partial charge is 0.274 e. The van der Waals surface area contributed by atoms with Crippen LogP contribution in [0.3, 0.4) is 0 Å². The van der Waals surface area contributed by atoms with Crippen LogP contribution >= 0.6 is 0 Å². The molecule has 0 aliphatic carbocycles. The third-order valence-electron chi connectivity index (χ3n) is 7.66.